The molecule has 0 saturated carbocycles. The van der Waals surface area contributed by atoms with Crippen molar-refractivity contribution in [2.75, 3.05) is 20.3 Å². The molecule has 0 aliphatic heterocycles. The van der Waals surface area contributed by atoms with E-state index < -0.39 is 10.8 Å². The van der Waals surface area contributed by atoms with Crippen molar-refractivity contribution in [3.8, 4) is 5.75 Å². The van der Waals surface area contributed by atoms with Crippen LogP contribution in [0, 0.1) is 6.92 Å². The Kier molecular flexibility index (Phi) is 8.01. The quantitative estimate of drug-likeness (QED) is 0.476. The Labute approximate surface area is 174 Å². The van der Waals surface area contributed by atoms with E-state index in [1.165, 1.54) is 0 Å². The number of rotatable bonds is 8. The van der Waals surface area contributed by atoms with E-state index in [1.54, 1.807) is 13.3 Å². The minimum atomic E-state index is -1.30. The second kappa shape index (κ2) is 10.0. The zero-order chi connectivity index (χ0) is 17.6. The SMILES string of the molecule is COCCCOc1ccnc(CS(=O)c2nc3ccccc3[nH]2)c1C.[H-].[H-].[Mg+2]. The Balaban J connectivity index is 0.00000243. The zero-order valence-electron chi connectivity index (χ0n) is 17.0. The van der Waals surface area contributed by atoms with Gasteiger partial charge in [0.05, 0.1) is 39.9 Å². The van der Waals surface area contributed by atoms with E-state index >= 15 is 0 Å². The Morgan fingerprint density at radius 3 is 2.81 bits per heavy atom. The van der Waals surface area contributed by atoms with Crippen molar-refractivity contribution in [2.24, 2.45) is 0 Å². The van der Waals surface area contributed by atoms with Crippen LogP contribution in [0.5, 0.6) is 5.75 Å². The molecule has 2 aromatic heterocycles. The predicted octanol–water partition coefficient (Wildman–Crippen LogP) is 2.83. The van der Waals surface area contributed by atoms with Gasteiger partial charge in [-0.05, 0) is 25.1 Å². The summed E-state index contributed by atoms with van der Waals surface area (Å²) < 4.78 is 23.5. The molecule has 26 heavy (non-hydrogen) atoms. The molecule has 1 N–H and O–H groups in total. The van der Waals surface area contributed by atoms with Gasteiger partial charge in [0.1, 0.15) is 5.75 Å². The summed E-state index contributed by atoms with van der Waals surface area (Å²) in [6.07, 6.45) is 2.50. The van der Waals surface area contributed by atoms with Gasteiger partial charge in [-0.1, -0.05) is 12.1 Å². The molecule has 0 radical (unpaired) electrons. The van der Waals surface area contributed by atoms with Crippen molar-refractivity contribution in [3.63, 3.8) is 0 Å². The Hall–Kier alpha value is -1.48. The third-order valence-electron chi connectivity index (χ3n) is 3.86. The number of hydrogen-bond acceptors (Lipinski definition) is 5. The minimum absolute atomic E-state index is 0. The molecule has 0 aliphatic carbocycles. The summed E-state index contributed by atoms with van der Waals surface area (Å²) in [7, 11) is 0.371. The molecule has 0 spiro atoms. The Morgan fingerprint density at radius 2 is 2.04 bits per heavy atom. The maximum atomic E-state index is 12.7. The molecule has 1 atom stereocenters. The summed E-state index contributed by atoms with van der Waals surface area (Å²) >= 11 is 0. The fourth-order valence-corrected chi connectivity index (χ4v) is 3.58. The first-order valence-corrected chi connectivity index (χ1v) is 9.40. The van der Waals surface area contributed by atoms with E-state index in [2.05, 4.69) is 15.0 Å². The van der Waals surface area contributed by atoms with Gasteiger partial charge in [0, 0.05) is 31.9 Å². The number of fused-ring (bicyclic) bond motifs is 1. The summed E-state index contributed by atoms with van der Waals surface area (Å²) in [6.45, 7) is 3.17. The van der Waals surface area contributed by atoms with Crippen LogP contribution >= 0.6 is 0 Å². The number of nitrogens with zero attached hydrogens (tertiary/aromatic N) is 2. The maximum Gasteiger partial charge on any atom is 2.00 e. The Bertz CT molecular complexity index is 862. The number of nitrogens with one attached hydrogen (secondary N) is 1. The summed E-state index contributed by atoms with van der Waals surface area (Å²) in [4.78, 5) is 11.9. The van der Waals surface area contributed by atoms with E-state index in [0.717, 1.165) is 34.5 Å². The standard InChI is InChI=1S/C18H21N3O3S.Mg.2H/c1-13-16(19-9-8-17(13)24-11-5-10-23-2)12-25(22)18-20-14-6-3-4-7-15(14)21-18;;;/h3-4,6-9H,5,10-12H2,1-2H3,(H,20,21);;;/q;+2;2*-1. The van der Waals surface area contributed by atoms with Crippen LogP contribution in [0.3, 0.4) is 0 Å². The summed E-state index contributed by atoms with van der Waals surface area (Å²) in [5.41, 5.74) is 3.35. The number of para-hydroxylation sites is 2. The third kappa shape index (κ3) is 5.03. The molecule has 0 aliphatic rings. The van der Waals surface area contributed by atoms with Crippen LogP contribution in [0.4, 0.5) is 0 Å². The molecule has 3 aromatic rings. The van der Waals surface area contributed by atoms with Crippen LogP contribution < -0.4 is 4.74 Å². The van der Waals surface area contributed by atoms with Crippen molar-refractivity contribution in [3.05, 3.63) is 47.8 Å². The van der Waals surface area contributed by atoms with E-state index in [0.29, 0.717) is 24.1 Å². The van der Waals surface area contributed by atoms with Gasteiger partial charge in [-0.3, -0.25) is 9.19 Å². The summed E-state index contributed by atoms with van der Waals surface area (Å²) in [5, 5.41) is 0.466. The molecule has 2 heterocycles. The van der Waals surface area contributed by atoms with Gasteiger partial charge in [-0.15, -0.1) is 0 Å². The van der Waals surface area contributed by atoms with Gasteiger partial charge in [0.15, 0.2) is 5.16 Å². The summed E-state index contributed by atoms with van der Waals surface area (Å²) in [5.74, 6) is 1.06. The minimum Gasteiger partial charge on any atom is -1.00 e. The predicted molar refractivity (Wildman–Crippen MR) is 105 cm³/mol. The average Bonchev–Trinajstić information content (AvgIpc) is 3.06. The molecule has 1 aromatic carbocycles. The second-order valence-corrected chi connectivity index (χ2v) is 6.99. The molecule has 8 heteroatoms. The number of hydrogen-bond donors (Lipinski definition) is 1. The second-order valence-electron chi connectivity index (χ2n) is 5.62. The number of methoxy groups -OCH3 is 1. The van der Waals surface area contributed by atoms with Crippen LogP contribution in [-0.4, -0.2) is 62.5 Å². The molecule has 0 saturated heterocycles. The van der Waals surface area contributed by atoms with Crippen molar-refractivity contribution in [1.82, 2.24) is 15.0 Å². The first-order valence-electron chi connectivity index (χ1n) is 8.08. The maximum absolute atomic E-state index is 12.7. The van der Waals surface area contributed by atoms with Crippen LogP contribution in [0.25, 0.3) is 11.0 Å². The van der Waals surface area contributed by atoms with Gasteiger partial charge in [0.2, 0.25) is 0 Å². The first kappa shape index (κ1) is 20.8. The topological polar surface area (TPSA) is 77.1 Å². The smallest absolute Gasteiger partial charge is 1.00 e. The number of benzene rings is 1. The van der Waals surface area contributed by atoms with Gasteiger partial charge in [0.25, 0.3) is 0 Å². The van der Waals surface area contributed by atoms with Gasteiger partial charge in [-0.25, -0.2) is 4.98 Å². The number of ether oxygens (including phenoxy) is 2. The fraction of sp³-hybridized carbons (Fsp3) is 0.333. The Morgan fingerprint density at radius 1 is 1.23 bits per heavy atom. The van der Waals surface area contributed by atoms with Crippen molar-refractivity contribution < 1.29 is 16.5 Å². The number of imidazole rings is 1. The molecule has 1 unspecified atom stereocenters. The van der Waals surface area contributed by atoms with E-state index in [4.69, 9.17) is 9.47 Å². The molecule has 0 amide bonds. The number of pyridine rings is 1. The van der Waals surface area contributed by atoms with Crippen LogP contribution in [0.1, 0.15) is 20.5 Å². The normalized spacial score (nSPS) is 11.9. The van der Waals surface area contributed by atoms with Gasteiger partial charge in [-0.2, -0.15) is 0 Å². The van der Waals surface area contributed by atoms with E-state index in [-0.39, 0.29) is 25.9 Å². The monoisotopic (exact) mass is 385 g/mol. The molecule has 6 nitrogen and oxygen atoms in total. The third-order valence-corrected chi connectivity index (χ3v) is 5.02. The molecular formula is C18H23MgN3O3S. The van der Waals surface area contributed by atoms with Crippen LogP contribution in [0.15, 0.2) is 41.7 Å². The van der Waals surface area contributed by atoms with Crippen molar-refractivity contribution >= 4 is 44.9 Å². The fourth-order valence-electron chi connectivity index (χ4n) is 2.48. The van der Waals surface area contributed by atoms with E-state index in [1.807, 2.05) is 37.3 Å². The molecule has 3 rings (SSSR count). The van der Waals surface area contributed by atoms with Crippen LogP contribution in [0.2, 0.25) is 0 Å². The van der Waals surface area contributed by atoms with Gasteiger partial charge >= 0.3 is 23.1 Å². The number of H-pyrrole nitrogens is 1. The first-order chi connectivity index (χ1) is 12.2. The molecular weight excluding hydrogens is 363 g/mol. The largest absolute Gasteiger partial charge is 2.00 e. The van der Waals surface area contributed by atoms with Crippen molar-refractivity contribution in [2.45, 2.75) is 24.3 Å². The van der Waals surface area contributed by atoms with Gasteiger partial charge < -0.3 is 17.3 Å². The molecule has 0 bridgehead atoms. The molecule has 136 valence electrons. The van der Waals surface area contributed by atoms with E-state index in [9.17, 15) is 4.21 Å². The van der Waals surface area contributed by atoms with Crippen LogP contribution in [-0.2, 0) is 21.3 Å². The molecule has 0 fully saturated rings. The number of aromatic nitrogens is 3. The zero-order valence-corrected chi connectivity index (χ0v) is 17.3. The summed E-state index contributed by atoms with van der Waals surface area (Å²) in [6, 6.07) is 9.47. The number of aromatic amines is 1. The van der Waals surface area contributed by atoms with Crippen molar-refractivity contribution in [1.29, 1.82) is 0 Å². The average molecular weight is 386 g/mol.